The molecule has 1 heterocycles. The molecular weight excluding hydrogens is 272 g/mol. The van der Waals surface area contributed by atoms with Gasteiger partial charge in [-0.15, -0.1) is 0 Å². The van der Waals surface area contributed by atoms with Gasteiger partial charge in [-0.05, 0) is 24.3 Å². The molecule has 21 heavy (non-hydrogen) atoms. The van der Waals surface area contributed by atoms with E-state index < -0.39 is 5.97 Å². The van der Waals surface area contributed by atoms with Crippen molar-refractivity contribution in [3.63, 3.8) is 0 Å². The third-order valence-electron chi connectivity index (χ3n) is 2.98. The summed E-state index contributed by atoms with van der Waals surface area (Å²) in [4.78, 5) is 15.3. The minimum atomic E-state index is -1.04. The molecule has 0 aliphatic carbocycles. The molecule has 0 radical (unpaired) electrons. The molecule has 2 aromatic carbocycles. The van der Waals surface area contributed by atoms with Crippen molar-refractivity contribution in [3.05, 3.63) is 48.0 Å². The highest BCUT2D eigenvalue weighted by atomic mass is 16.5. The van der Waals surface area contributed by atoms with Crippen molar-refractivity contribution in [2.75, 3.05) is 12.4 Å². The standard InChI is InChI=1S/C15H12N2O4/c1-20-13-8-9(6-7-10(13)14(18)19)16-15-17-11-4-2-3-5-12(11)21-15/h2-8H,1H3,(H,16,17)(H,18,19). The Kier molecular flexibility index (Phi) is 3.19. The number of aromatic carboxylic acids is 1. The molecule has 3 rings (SSSR count). The highest BCUT2D eigenvalue weighted by Crippen LogP contribution is 2.27. The molecule has 3 aromatic rings. The van der Waals surface area contributed by atoms with Gasteiger partial charge in [0.1, 0.15) is 16.8 Å². The average molecular weight is 284 g/mol. The number of nitrogens with zero attached hydrogens (tertiary/aromatic N) is 1. The number of nitrogens with one attached hydrogen (secondary N) is 1. The van der Waals surface area contributed by atoms with Gasteiger partial charge in [0, 0.05) is 11.8 Å². The van der Waals surface area contributed by atoms with Crippen LogP contribution in [0.1, 0.15) is 10.4 Å². The quantitative estimate of drug-likeness (QED) is 0.764. The molecule has 0 aliphatic heterocycles. The van der Waals surface area contributed by atoms with E-state index in [1.807, 2.05) is 24.3 Å². The number of methoxy groups -OCH3 is 1. The number of benzene rings is 2. The minimum Gasteiger partial charge on any atom is -0.496 e. The number of para-hydroxylation sites is 2. The molecule has 0 amide bonds. The lowest BCUT2D eigenvalue weighted by Gasteiger charge is -2.07. The molecule has 0 bridgehead atoms. The second-order valence-corrected chi connectivity index (χ2v) is 4.33. The summed E-state index contributed by atoms with van der Waals surface area (Å²) in [5.74, 6) is -0.774. The maximum Gasteiger partial charge on any atom is 0.339 e. The number of aromatic nitrogens is 1. The minimum absolute atomic E-state index is 0.0978. The maximum atomic E-state index is 11.0. The van der Waals surface area contributed by atoms with E-state index in [0.717, 1.165) is 5.52 Å². The predicted molar refractivity (Wildman–Crippen MR) is 77.2 cm³/mol. The molecule has 2 N–H and O–H groups in total. The van der Waals surface area contributed by atoms with Crippen LogP contribution in [0.5, 0.6) is 5.75 Å². The number of ether oxygens (including phenoxy) is 1. The Balaban J connectivity index is 1.92. The monoisotopic (exact) mass is 284 g/mol. The Bertz CT molecular complexity index is 777. The molecule has 0 saturated heterocycles. The van der Waals surface area contributed by atoms with Crippen molar-refractivity contribution in [3.8, 4) is 5.75 Å². The van der Waals surface area contributed by atoms with E-state index in [2.05, 4.69) is 10.3 Å². The summed E-state index contributed by atoms with van der Waals surface area (Å²) in [6.45, 7) is 0. The number of carboxylic acids is 1. The summed E-state index contributed by atoms with van der Waals surface area (Å²) in [5, 5.41) is 12.0. The summed E-state index contributed by atoms with van der Waals surface area (Å²) < 4.78 is 10.6. The van der Waals surface area contributed by atoms with Crippen molar-refractivity contribution < 1.29 is 19.1 Å². The van der Waals surface area contributed by atoms with Crippen LogP contribution in [0, 0.1) is 0 Å². The number of anilines is 2. The number of fused-ring (bicyclic) bond motifs is 1. The second-order valence-electron chi connectivity index (χ2n) is 4.33. The van der Waals surface area contributed by atoms with E-state index >= 15 is 0 Å². The van der Waals surface area contributed by atoms with Crippen LogP contribution >= 0.6 is 0 Å². The molecule has 1 aromatic heterocycles. The lowest BCUT2D eigenvalue weighted by Crippen LogP contribution is -2.01. The van der Waals surface area contributed by atoms with E-state index in [9.17, 15) is 4.79 Å². The zero-order valence-corrected chi connectivity index (χ0v) is 11.2. The number of hydrogen-bond acceptors (Lipinski definition) is 5. The molecule has 6 nitrogen and oxygen atoms in total. The van der Waals surface area contributed by atoms with Crippen LogP contribution in [-0.2, 0) is 0 Å². The third-order valence-corrected chi connectivity index (χ3v) is 2.98. The average Bonchev–Trinajstić information content (AvgIpc) is 2.88. The second kappa shape index (κ2) is 5.16. The summed E-state index contributed by atoms with van der Waals surface area (Å²) >= 11 is 0. The van der Waals surface area contributed by atoms with Crippen LogP contribution in [0.2, 0.25) is 0 Å². The van der Waals surface area contributed by atoms with Crippen LogP contribution in [0.4, 0.5) is 11.7 Å². The SMILES string of the molecule is COc1cc(Nc2nc3ccccc3o2)ccc1C(=O)O. The van der Waals surface area contributed by atoms with Gasteiger partial charge in [0.05, 0.1) is 7.11 Å². The molecule has 106 valence electrons. The van der Waals surface area contributed by atoms with E-state index in [4.69, 9.17) is 14.3 Å². The summed E-state index contributed by atoms with van der Waals surface area (Å²) in [7, 11) is 1.42. The fourth-order valence-electron chi connectivity index (χ4n) is 1.99. The zero-order valence-electron chi connectivity index (χ0n) is 11.2. The molecular formula is C15H12N2O4. The van der Waals surface area contributed by atoms with Crippen molar-refractivity contribution in [1.82, 2.24) is 4.98 Å². The first-order valence-corrected chi connectivity index (χ1v) is 6.21. The highest BCUT2D eigenvalue weighted by Gasteiger charge is 2.12. The van der Waals surface area contributed by atoms with Crippen LogP contribution in [0.25, 0.3) is 11.1 Å². The molecule has 0 saturated carbocycles. The number of oxazole rings is 1. The number of rotatable bonds is 4. The Morgan fingerprint density at radius 1 is 1.29 bits per heavy atom. The van der Waals surface area contributed by atoms with Crippen molar-refractivity contribution >= 4 is 28.8 Å². The van der Waals surface area contributed by atoms with Gasteiger partial charge in [0.2, 0.25) is 0 Å². The molecule has 6 heteroatoms. The van der Waals surface area contributed by atoms with Crippen LogP contribution in [0.3, 0.4) is 0 Å². The van der Waals surface area contributed by atoms with E-state index in [0.29, 0.717) is 17.3 Å². The summed E-state index contributed by atoms with van der Waals surface area (Å²) in [5.41, 5.74) is 2.15. The first-order chi connectivity index (χ1) is 10.2. The largest absolute Gasteiger partial charge is 0.496 e. The number of carbonyl (C=O) groups is 1. The topological polar surface area (TPSA) is 84.6 Å². The van der Waals surface area contributed by atoms with Gasteiger partial charge < -0.3 is 19.6 Å². The van der Waals surface area contributed by atoms with Crippen molar-refractivity contribution in [1.29, 1.82) is 0 Å². The van der Waals surface area contributed by atoms with Crippen LogP contribution in [-0.4, -0.2) is 23.2 Å². The number of hydrogen-bond donors (Lipinski definition) is 2. The van der Waals surface area contributed by atoms with Crippen molar-refractivity contribution in [2.24, 2.45) is 0 Å². The highest BCUT2D eigenvalue weighted by molar-refractivity contribution is 5.91. The summed E-state index contributed by atoms with van der Waals surface area (Å²) in [6.07, 6.45) is 0. The van der Waals surface area contributed by atoms with Gasteiger partial charge in [0.15, 0.2) is 5.58 Å². The van der Waals surface area contributed by atoms with Crippen molar-refractivity contribution in [2.45, 2.75) is 0 Å². The van der Waals surface area contributed by atoms with E-state index in [-0.39, 0.29) is 11.3 Å². The van der Waals surface area contributed by atoms with Gasteiger partial charge in [-0.25, -0.2) is 4.79 Å². The Morgan fingerprint density at radius 2 is 2.10 bits per heavy atom. The first kappa shape index (κ1) is 13.0. The molecule has 0 atom stereocenters. The van der Waals surface area contributed by atoms with Crippen LogP contribution < -0.4 is 10.1 Å². The lowest BCUT2D eigenvalue weighted by molar-refractivity contribution is 0.0693. The Labute approximate surface area is 120 Å². The maximum absolute atomic E-state index is 11.0. The van der Waals surface area contributed by atoms with Crippen LogP contribution in [0.15, 0.2) is 46.9 Å². The Hall–Kier alpha value is -3.02. The molecule has 0 aliphatic rings. The van der Waals surface area contributed by atoms with Gasteiger partial charge >= 0.3 is 5.97 Å². The molecule has 0 unspecified atom stereocenters. The zero-order chi connectivity index (χ0) is 14.8. The molecule has 0 fully saturated rings. The first-order valence-electron chi connectivity index (χ1n) is 6.21. The fraction of sp³-hybridized carbons (Fsp3) is 0.0667. The van der Waals surface area contributed by atoms with Gasteiger partial charge in [-0.2, -0.15) is 4.98 Å². The molecule has 0 spiro atoms. The van der Waals surface area contributed by atoms with Gasteiger partial charge in [-0.1, -0.05) is 12.1 Å². The van der Waals surface area contributed by atoms with E-state index in [1.54, 1.807) is 12.1 Å². The van der Waals surface area contributed by atoms with Gasteiger partial charge in [0.25, 0.3) is 6.01 Å². The number of carboxylic acid groups (broad SMARTS) is 1. The Morgan fingerprint density at radius 3 is 2.81 bits per heavy atom. The summed E-state index contributed by atoms with van der Waals surface area (Å²) in [6, 6.07) is 12.4. The van der Waals surface area contributed by atoms with Gasteiger partial charge in [-0.3, -0.25) is 0 Å². The van der Waals surface area contributed by atoms with E-state index in [1.165, 1.54) is 13.2 Å². The fourth-order valence-corrected chi connectivity index (χ4v) is 1.99. The third kappa shape index (κ3) is 2.51. The predicted octanol–water partition coefficient (Wildman–Crippen LogP) is 3.28. The normalized spacial score (nSPS) is 10.5. The smallest absolute Gasteiger partial charge is 0.339 e. The lowest BCUT2D eigenvalue weighted by atomic mass is 10.2.